The third kappa shape index (κ3) is 5.86. The largest absolute Gasteiger partial charge is 0.477 e. The minimum atomic E-state index is -4.20. The highest BCUT2D eigenvalue weighted by molar-refractivity contribution is 5.25. The molecule has 1 rings (SSSR count). The second kappa shape index (κ2) is 6.58. The lowest BCUT2D eigenvalue weighted by Crippen LogP contribution is -2.22. The average Bonchev–Trinajstić information content (AvgIpc) is 2.26. The molecule has 6 heteroatoms. The summed E-state index contributed by atoms with van der Waals surface area (Å²) in [6.45, 7) is 4.09. The summed E-state index contributed by atoms with van der Waals surface area (Å²) in [5, 5.41) is 3.17. The molecule has 0 bridgehead atoms. The number of alkyl halides is 3. The van der Waals surface area contributed by atoms with Crippen LogP contribution in [-0.4, -0.2) is 23.8 Å². The van der Waals surface area contributed by atoms with Gasteiger partial charge in [-0.15, -0.1) is 0 Å². The Kier molecular flexibility index (Phi) is 5.40. The van der Waals surface area contributed by atoms with Crippen molar-refractivity contribution < 1.29 is 17.9 Å². The van der Waals surface area contributed by atoms with E-state index < -0.39 is 19.2 Å². The summed E-state index contributed by atoms with van der Waals surface area (Å²) in [5.41, 5.74) is 0.758. The Hall–Kier alpha value is -1.30. The minimum absolute atomic E-state index is 0.259. The molecule has 1 heterocycles. The Morgan fingerprint density at radius 2 is 2.11 bits per heavy atom. The van der Waals surface area contributed by atoms with Crippen LogP contribution >= 0.6 is 0 Å². The standard InChI is InChI=1S/C12H17F3N2O/c1-9(2)17-8-10-4-3-6-16-11(10)18-7-5-12(13,14)15/h3-4,6,9,17H,5,7-8H2,1-2H3. The first kappa shape index (κ1) is 14.8. The van der Waals surface area contributed by atoms with E-state index in [9.17, 15) is 13.2 Å². The number of halogens is 3. The molecule has 0 unspecified atom stereocenters. The summed E-state index contributed by atoms with van der Waals surface area (Å²) in [5.74, 6) is 0.259. The number of aromatic nitrogens is 1. The number of pyridine rings is 1. The Labute approximate surface area is 104 Å². The van der Waals surface area contributed by atoms with E-state index in [1.54, 1.807) is 12.1 Å². The lowest BCUT2D eigenvalue weighted by molar-refractivity contribution is -0.139. The molecule has 0 amide bonds. The van der Waals surface area contributed by atoms with Crippen molar-refractivity contribution in [2.45, 2.75) is 39.0 Å². The summed E-state index contributed by atoms with van der Waals surface area (Å²) in [4.78, 5) is 3.95. The molecule has 0 aromatic carbocycles. The van der Waals surface area contributed by atoms with Gasteiger partial charge in [0.1, 0.15) is 0 Å². The predicted octanol–water partition coefficient (Wildman–Crippen LogP) is 2.91. The Morgan fingerprint density at radius 1 is 1.39 bits per heavy atom. The van der Waals surface area contributed by atoms with Crippen molar-refractivity contribution in [3.63, 3.8) is 0 Å². The zero-order valence-corrected chi connectivity index (χ0v) is 10.4. The maximum atomic E-state index is 12.0. The van der Waals surface area contributed by atoms with Crippen LogP contribution in [0.25, 0.3) is 0 Å². The van der Waals surface area contributed by atoms with E-state index in [-0.39, 0.29) is 11.9 Å². The van der Waals surface area contributed by atoms with Gasteiger partial charge in [0, 0.05) is 24.3 Å². The molecular weight excluding hydrogens is 245 g/mol. The zero-order valence-electron chi connectivity index (χ0n) is 10.4. The third-order valence-corrected chi connectivity index (χ3v) is 2.18. The van der Waals surface area contributed by atoms with Crippen LogP contribution in [0.3, 0.4) is 0 Å². The normalized spacial score (nSPS) is 11.9. The number of rotatable bonds is 6. The van der Waals surface area contributed by atoms with E-state index in [1.165, 1.54) is 6.20 Å². The van der Waals surface area contributed by atoms with E-state index >= 15 is 0 Å². The van der Waals surface area contributed by atoms with Gasteiger partial charge in [-0.3, -0.25) is 0 Å². The molecule has 0 aliphatic heterocycles. The van der Waals surface area contributed by atoms with Crippen molar-refractivity contribution >= 4 is 0 Å². The van der Waals surface area contributed by atoms with Crippen molar-refractivity contribution in [3.05, 3.63) is 23.9 Å². The van der Waals surface area contributed by atoms with Crippen LogP contribution in [0.1, 0.15) is 25.8 Å². The van der Waals surface area contributed by atoms with E-state index in [2.05, 4.69) is 10.3 Å². The van der Waals surface area contributed by atoms with E-state index in [0.717, 1.165) is 5.56 Å². The van der Waals surface area contributed by atoms with Gasteiger partial charge in [0.05, 0.1) is 13.0 Å². The monoisotopic (exact) mass is 262 g/mol. The summed E-state index contributed by atoms with van der Waals surface area (Å²) >= 11 is 0. The molecule has 0 radical (unpaired) electrons. The Bertz CT molecular complexity index is 367. The average molecular weight is 262 g/mol. The fourth-order valence-corrected chi connectivity index (χ4v) is 1.27. The molecule has 1 aromatic rings. The molecule has 0 atom stereocenters. The van der Waals surface area contributed by atoms with Gasteiger partial charge in [-0.2, -0.15) is 13.2 Å². The predicted molar refractivity (Wildman–Crippen MR) is 62.4 cm³/mol. The maximum absolute atomic E-state index is 12.0. The quantitative estimate of drug-likeness (QED) is 0.856. The van der Waals surface area contributed by atoms with E-state index in [1.807, 2.05) is 13.8 Å². The first-order chi connectivity index (χ1) is 8.38. The van der Waals surface area contributed by atoms with Crippen molar-refractivity contribution in [1.82, 2.24) is 10.3 Å². The van der Waals surface area contributed by atoms with Crippen LogP contribution in [0, 0.1) is 0 Å². The minimum Gasteiger partial charge on any atom is -0.477 e. The van der Waals surface area contributed by atoms with Crippen LogP contribution < -0.4 is 10.1 Å². The number of nitrogens with one attached hydrogen (secondary N) is 1. The van der Waals surface area contributed by atoms with E-state index in [0.29, 0.717) is 6.54 Å². The molecule has 1 N–H and O–H groups in total. The summed E-state index contributed by atoms with van der Waals surface area (Å²) in [6.07, 6.45) is -3.67. The van der Waals surface area contributed by atoms with Crippen LogP contribution in [0.5, 0.6) is 5.88 Å². The van der Waals surface area contributed by atoms with E-state index in [4.69, 9.17) is 4.74 Å². The van der Waals surface area contributed by atoms with Gasteiger partial charge in [0.15, 0.2) is 0 Å². The van der Waals surface area contributed by atoms with Crippen LogP contribution in [-0.2, 0) is 6.54 Å². The highest BCUT2D eigenvalue weighted by atomic mass is 19.4. The molecule has 0 aliphatic carbocycles. The van der Waals surface area contributed by atoms with Gasteiger partial charge in [0.2, 0.25) is 5.88 Å². The molecule has 0 aliphatic rings. The molecule has 0 saturated heterocycles. The smallest absolute Gasteiger partial charge is 0.392 e. The molecular formula is C12H17F3N2O. The van der Waals surface area contributed by atoms with Crippen LogP contribution in [0.4, 0.5) is 13.2 Å². The number of hydrogen-bond acceptors (Lipinski definition) is 3. The Morgan fingerprint density at radius 3 is 2.72 bits per heavy atom. The number of ether oxygens (including phenoxy) is 1. The van der Waals surface area contributed by atoms with Gasteiger partial charge < -0.3 is 10.1 Å². The maximum Gasteiger partial charge on any atom is 0.392 e. The number of nitrogens with zero attached hydrogens (tertiary/aromatic N) is 1. The highest BCUT2D eigenvalue weighted by Crippen LogP contribution is 2.21. The van der Waals surface area contributed by atoms with Crippen molar-refractivity contribution in [2.24, 2.45) is 0 Å². The van der Waals surface area contributed by atoms with Crippen molar-refractivity contribution in [1.29, 1.82) is 0 Å². The molecule has 0 fully saturated rings. The molecule has 3 nitrogen and oxygen atoms in total. The van der Waals surface area contributed by atoms with Crippen molar-refractivity contribution in [3.8, 4) is 5.88 Å². The summed E-state index contributed by atoms with van der Waals surface area (Å²) < 4.78 is 41.1. The summed E-state index contributed by atoms with van der Waals surface area (Å²) in [7, 11) is 0. The molecule has 0 saturated carbocycles. The number of hydrogen-bond donors (Lipinski definition) is 1. The van der Waals surface area contributed by atoms with Crippen LogP contribution in [0.2, 0.25) is 0 Å². The fraction of sp³-hybridized carbons (Fsp3) is 0.583. The lowest BCUT2D eigenvalue weighted by Gasteiger charge is -2.13. The van der Waals surface area contributed by atoms with Crippen LogP contribution in [0.15, 0.2) is 18.3 Å². The highest BCUT2D eigenvalue weighted by Gasteiger charge is 2.27. The second-order valence-corrected chi connectivity index (χ2v) is 4.22. The fourth-order valence-electron chi connectivity index (χ4n) is 1.27. The third-order valence-electron chi connectivity index (χ3n) is 2.18. The van der Waals surface area contributed by atoms with Gasteiger partial charge in [-0.25, -0.2) is 4.98 Å². The molecule has 18 heavy (non-hydrogen) atoms. The van der Waals surface area contributed by atoms with Crippen molar-refractivity contribution in [2.75, 3.05) is 6.61 Å². The molecule has 0 spiro atoms. The molecule has 1 aromatic heterocycles. The van der Waals surface area contributed by atoms with Gasteiger partial charge in [0.25, 0.3) is 0 Å². The molecule has 102 valence electrons. The Balaban J connectivity index is 2.53. The first-order valence-electron chi connectivity index (χ1n) is 5.75. The lowest BCUT2D eigenvalue weighted by atomic mass is 10.2. The van der Waals surface area contributed by atoms with Gasteiger partial charge in [-0.05, 0) is 6.07 Å². The van der Waals surface area contributed by atoms with Gasteiger partial charge >= 0.3 is 6.18 Å². The second-order valence-electron chi connectivity index (χ2n) is 4.22. The first-order valence-corrected chi connectivity index (χ1v) is 5.75. The topological polar surface area (TPSA) is 34.2 Å². The summed E-state index contributed by atoms with van der Waals surface area (Å²) in [6, 6.07) is 3.80. The zero-order chi connectivity index (χ0) is 13.6. The SMILES string of the molecule is CC(C)NCc1cccnc1OCCC(F)(F)F. The van der Waals surface area contributed by atoms with Gasteiger partial charge in [-0.1, -0.05) is 19.9 Å².